The lowest BCUT2D eigenvalue weighted by atomic mass is 10.0. The van der Waals surface area contributed by atoms with Crippen molar-refractivity contribution in [2.75, 3.05) is 6.61 Å². The van der Waals surface area contributed by atoms with Gasteiger partial charge in [0.05, 0.1) is 0 Å². The monoisotopic (exact) mass is 338 g/mol. The Balaban J connectivity index is 1.89. The van der Waals surface area contributed by atoms with Gasteiger partial charge in [-0.25, -0.2) is 9.78 Å². The van der Waals surface area contributed by atoms with E-state index >= 15 is 0 Å². The quantitative estimate of drug-likeness (QED) is 0.820. The number of carbonyl (C=O) groups is 2. The number of hydrogen-bond acceptors (Lipinski definition) is 6. The minimum atomic E-state index is -0.581. The molecule has 0 bridgehead atoms. The normalized spacial score (nSPS) is 11.2. The Morgan fingerprint density at radius 2 is 2.14 bits per heavy atom. The minimum Gasteiger partial charge on any atom is -0.451 e. The molecule has 2 aromatic heterocycles. The highest BCUT2D eigenvalue weighted by Crippen LogP contribution is 2.25. The van der Waals surface area contributed by atoms with Crippen LogP contribution in [0.15, 0.2) is 22.2 Å². The van der Waals surface area contributed by atoms with Crippen LogP contribution in [-0.2, 0) is 9.53 Å². The summed E-state index contributed by atoms with van der Waals surface area (Å²) in [7, 11) is 0. The second kappa shape index (κ2) is 7.02. The molecule has 2 rings (SSSR count). The predicted molar refractivity (Wildman–Crippen MR) is 88.2 cm³/mol. The number of thiophene rings is 1. The molecule has 7 heteroatoms. The van der Waals surface area contributed by atoms with Crippen LogP contribution in [0, 0.1) is 0 Å². The molecule has 0 aliphatic heterocycles. The third kappa shape index (κ3) is 4.38. The highest BCUT2D eigenvalue weighted by molar-refractivity contribution is 7.14. The molecule has 1 amide bonds. The number of amides is 1. The number of hydrogen-bond donors (Lipinski definition) is 1. The van der Waals surface area contributed by atoms with Crippen molar-refractivity contribution in [3.8, 4) is 10.6 Å². The first-order valence-electron chi connectivity index (χ1n) is 6.87. The highest BCUT2D eigenvalue weighted by Gasteiger charge is 2.20. The fourth-order valence-electron chi connectivity index (χ4n) is 1.59. The first kappa shape index (κ1) is 16.6. The maximum atomic E-state index is 11.9. The van der Waals surface area contributed by atoms with Crippen molar-refractivity contribution in [1.82, 2.24) is 10.3 Å². The van der Waals surface area contributed by atoms with Gasteiger partial charge in [-0.15, -0.1) is 11.3 Å². The summed E-state index contributed by atoms with van der Waals surface area (Å²) in [5.74, 6) is -0.893. The Morgan fingerprint density at radius 1 is 1.36 bits per heavy atom. The number of nitrogens with one attached hydrogen (secondary N) is 1. The summed E-state index contributed by atoms with van der Waals surface area (Å²) < 4.78 is 5.01. The zero-order valence-electron chi connectivity index (χ0n) is 12.7. The molecule has 0 aliphatic carbocycles. The molecule has 1 N–H and O–H groups in total. The molecule has 0 radical (unpaired) electrons. The summed E-state index contributed by atoms with van der Waals surface area (Å²) in [5.41, 5.74) is 0.904. The third-order valence-corrected chi connectivity index (χ3v) is 4.75. The van der Waals surface area contributed by atoms with Gasteiger partial charge in [-0.2, -0.15) is 11.3 Å². The van der Waals surface area contributed by atoms with Crippen molar-refractivity contribution in [2.24, 2.45) is 0 Å². The lowest BCUT2D eigenvalue weighted by Crippen LogP contribution is -2.44. The van der Waals surface area contributed by atoms with Crippen molar-refractivity contribution < 1.29 is 14.3 Å². The van der Waals surface area contributed by atoms with E-state index in [0.29, 0.717) is 0 Å². The van der Waals surface area contributed by atoms with E-state index in [9.17, 15) is 9.59 Å². The molecule has 0 atom stereocenters. The highest BCUT2D eigenvalue weighted by atomic mass is 32.1. The average molecular weight is 338 g/mol. The van der Waals surface area contributed by atoms with E-state index in [1.54, 1.807) is 16.7 Å². The van der Waals surface area contributed by atoms with Gasteiger partial charge in [-0.3, -0.25) is 4.79 Å². The minimum absolute atomic E-state index is 0.230. The largest absolute Gasteiger partial charge is 0.451 e. The van der Waals surface area contributed by atoms with Gasteiger partial charge in [0, 0.05) is 21.9 Å². The van der Waals surface area contributed by atoms with Crippen LogP contribution in [0.25, 0.3) is 10.6 Å². The molecule has 0 saturated heterocycles. The van der Waals surface area contributed by atoms with Gasteiger partial charge in [0.25, 0.3) is 5.91 Å². The Bertz CT molecular complexity index is 648. The molecule has 2 aromatic rings. The zero-order valence-corrected chi connectivity index (χ0v) is 14.3. The number of nitrogens with zero attached hydrogens (tertiary/aromatic N) is 1. The molecular formula is C15H18N2O3S2. The van der Waals surface area contributed by atoms with Crippen molar-refractivity contribution in [3.05, 3.63) is 27.9 Å². The van der Waals surface area contributed by atoms with Crippen LogP contribution in [-0.4, -0.2) is 29.0 Å². The van der Waals surface area contributed by atoms with E-state index in [0.717, 1.165) is 17.0 Å². The second-order valence-electron chi connectivity index (χ2n) is 5.41. The average Bonchev–Trinajstić information content (AvgIpc) is 3.14. The number of carbonyl (C=O) groups excluding carboxylic acids is 2. The van der Waals surface area contributed by atoms with E-state index in [1.165, 1.54) is 11.3 Å². The topological polar surface area (TPSA) is 68.3 Å². The summed E-state index contributed by atoms with van der Waals surface area (Å²) in [6, 6.07) is 1.94. The third-order valence-electron chi connectivity index (χ3n) is 3.18. The van der Waals surface area contributed by atoms with Gasteiger partial charge >= 0.3 is 5.97 Å². The summed E-state index contributed by atoms with van der Waals surface area (Å²) in [6.45, 7) is 5.52. The van der Waals surface area contributed by atoms with Crippen LogP contribution >= 0.6 is 22.7 Å². The fourth-order valence-corrected chi connectivity index (χ4v) is 3.09. The van der Waals surface area contributed by atoms with Crippen molar-refractivity contribution in [1.29, 1.82) is 0 Å². The number of thiazole rings is 1. The van der Waals surface area contributed by atoms with E-state index in [1.807, 2.05) is 37.6 Å². The number of ether oxygens (including phenoxy) is 1. The lowest BCUT2D eigenvalue weighted by molar-refractivity contribution is -0.125. The van der Waals surface area contributed by atoms with E-state index in [2.05, 4.69) is 10.3 Å². The SMILES string of the molecule is CCC(C)(C)NC(=O)COC(=O)c1csc(-c2ccsc2)n1. The molecule has 0 unspecified atom stereocenters. The number of rotatable bonds is 6. The maximum absolute atomic E-state index is 11.9. The molecule has 2 heterocycles. The van der Waals surface area contributed by atoms with Crippen LogP contribution in [0.4, 0.5) is 0 Å². The van der Waals surface area contributed by atoms with Gasteiger partial charge in [0.1, 0.15) is 5.01 Å². The first-order valence-corrected chi connectivity index (χ1v) is 8.70. The van der Waals surface area contributed by atoms with Crippen molar-refractivity contribution in [2.45, 2.75) is 32.7 Å². The molecule has 0 aliphatic rings. The van der Waals surface area contributed by atoms with Crippen LogP contribution in [0.2, 0.25) is 0 Å². The summed E-state index contributed by atoms with van der Waals surface area (Å²) in [5, 5.41) is 9.14. The van der Waals surface area contributed by atoms with Gasteiger partial charge in [0.2, 0.25) is 0 Å². The van der Waals surface area contributed by atoms with Gasteiger partial charge in [-0.1, -0.05) is 6.92 Å². The standard InChI is InChI=1S/C15H18N2O3S2/c1-4-15(2,3)17-12(18)7-20-14(19)11-9-22-13(16-11)10-5-6-21-8-10/h5-6,8-9H,4,7H2,1-3H3,(H,17,18). The van der Waals surface area contributed by atoms with Crippen molar-refractivity contribution in [3.63, 3.8) is 0 Å². The lowest BCUT2D eigenvalue weighted by Gasteiger charge is -2.24. The van der Waals surface area contributed by atoms with Crippen molar-refractivity contribution >= 4 is 34.6 Å². The molecular weight excluding hydrogens is 320 g/mol. The molecule has 0 saturated carbocycles. The predicted octanol–water partition coefficient (Wildman–Crippen LogP) is 3.33. The maximum Gasteiger partial charge on any atom is 0.358 e. The Morgan fingerprint density at radius 3 is 2.77 bits per heavy atom. The van der Waals surface area contributed by atoms with Gasteiger partial charge in [0.15, 0.2) is 12.3 Å². The molecule has 5 nitrogen and oxygen atoms in total. The molecule has 0 spiro atoms. The van der Waals surface area contributed by atoms with E-state index in [-0.39, 0.29) is 23.7 Å². The second-order valence-corrected chi connectivity index (χ2v) is 7.05. The Kier molecular flexibility index (Phi) is 5.31. The van der Waals surface area contributed by atoms with Crippen LogP contribution in [0.3, 0.4) is 0 Å². The molecule has 0 fully saturated rings. The van der Waals surface area contributed by atoms with E-state index < -0.39 is 5.97 Å². The smallest absolute Gasteiger partial charge is 0.358 e. The molecule has 0 aromatic carbocycles. The molecule has 22 heavy (non-hydrogen) atoms. The van der Waals surface area contributed by atoms with E-state index in [4.69, 9.17) is 4.74 Å². The summed E-state index contributed by atoms with van der Waals surface area (Å²) >= 11 is 2.95. The van der Waals surface area contributed by atoms with Gasteiger partial charge in [-0.05, 0) is 31.7 Å². The summed E-state index contributed by atoms with van der Waals surface area (Å²) in [6.07, 6.45) is 0.794. The Labute approximate surface area is 137 Å². The fraction of sp³-hybridized carbons (Fsp3) is 0.400. The van der Waals surface area contributed by atoms with Crippen LogP contribution in [0.1, 0.15) is 37.7 Å². The van der Waals surface area contributed by atoms with Gasteiger partial charge < -0.3 is 10.1 Å². The van der Waals surface area contributed by atoms with Crippen LogP contribution in [0.5, 0.6) is 0 Å². The summed E-state index contributed by atoms with van der Waals surface area (Å²) in [4.78, 5) is 27.9. The first-order chi connectivity index (χ1) is 10.4. The van der Waals surface area contributed by atoms with Crippen LogP contribution < -0.4 is 5.32 Å². The number of esters is 1. The zero-order chi connectivity index (χ0) is 16.2. The Hall–Kier alpha value is -1.73. The number of aromatic nitrogens is 1. The molecule has 118 valence electrons.